The summed E-state index contributed by atoms with van der Waals surface area (Å²) < 4.78 is 6.63. The third-order valence-corrected chi connectivity index (χ3v) is 1.70. The van der Waals surface area contributed by atoms with Crippen molar-refractivity contribution in [1.29, 1.82) is 1.34 Å². The fraction of sp³-hybridized carbons (Fsp3) is 0. The van der Waals surface area contributed by atoms with Crippen molar-refractivity contribution in [3.8, 4) is 0 Å². The summed E-state index contributed by atoms with van der Waals surface area (Å²) in [5.41, 5.74) is -0.301. The van der Waals surface area contributed by atoms with Gasteiger partial charge in [0, 0.05) is 0 Å². The summed E-state index contributed by atoms with van der Waals surface area (Å²) in [6.07, 6.45) is 0. The van der Waals surface area contributed by atoms with E-state index in [0.29, 0.717) is 0 Å². The zero-order chi connectivity index (χ0) is 4.99. The van der Waals surface area contributed by atoms with Gasteiger partial charge in [0.2, 0.25) is 0 Å². The maximum Gasteiger partial charge on any atom is 0.143 e. The van der Waals surface area contributed by atoms with Crippen LogP contribution in [-0.4, -0.2) is 8.86 Å². The molecule has 1 atom stereocenters. The second kappa shape index (κ2) is 3.17. The largest absolute Gasteiger partial charge is 0.143 e. The van der Waals surface area contributed by atoms with Gasteiger partial charge in [-0.1, -0.05) is 39.9 Å². The lowest BCUT2D eigenvalue weighted by Gasteiger charge is -1.82. The Morgan fingerprint density at radius 1 is 2.40 bits per heavy atom. The highest BCUT2D eigenvalue weighted by Crippen LogP contribution is 2.39. The lowest BCUT2D eigenvalue weighted by molar-refractivity contribution is 2.66. The molecule has 5 heavy (non-hydrogen) atoms. The van der Waals surface area contributed by atoms with Gasteiger partial charge in [-0.05, 0) is 1.34 Å². The molecule has 0 aromatic carbocycles. The first-order chi connectivity index (χ1) is 2.81. The summed E-state index contributed by atoms with van der Waals surface area (Å²) >= 11 is 2.17. The summed E-state index contributed by atoms with van der Waals surface area (Å²) in [7, 11) is 1.41. The standard InChI is InChI=1S/C2H4BIP/c1-2-5(3)4/h2-3H,1H2/i3T. The van der Waals surface area contributed by atoms with Gasteiger partial charge >= 0.3 is 0 Å². The molecule has 3 heteroatoms. The Hall–Kier alpha value is 0.965. The molecule has 0 aromatic heterocycles. The smallest absolute Gasteiger partial charge is 0.0986 e. The van der Waals surface area contributed by atoms with Crippen LogP contribution < -0.4 is 0 Å². The Labute approximate surface area is 49.0 Å². The fourth-order valence-electron chi connectivity index (χ4n) is 0. The van der Waals surface area contributed by atoms with Crippen LogP contribution in [0.1, 0.15) is 0 Å². The van der Waals surface area contributed by atoms with E-state index in [1.54, 1.807) is 5.82 Å². The summed E-state index contributed by atoms with van der Waals surface area (Å²) in [5.74, 6) is 1.78. The Morgan fingerprint density at radius 2 is 3.00 bits per heavy atom. The Balaban J connectivity index is 2.96. The highest BCUT2D eigenvalue weighted by molar-refractivity contribution is 14.2. The van der Waals surface area contributed by atoms with Crippen LogP contribution in [0.4, 0.5) is 0 Å². The Morgan fingerprint density at radius 3 is 3.00 bits per heavy atom. The van der Waals surface area contributed by atoms with Gasteiger partial charge < -0.3 is 0 Å². The molecule has 27 valence electrons. The van der Waals surface area contributed by atoms with Crippen LogP contribution in [0, 0.1) is 0 Å². The van der Waals surface area contributed by atoms with Crippen molar-refractivity contribution in [3.63, 3.8) is 0 Å². The molecule has 0 aromatic rings. The number of halogens is 1. The van der Waals surface area contributed by atoms with Gasteiger partial charge in [-0.15, -0.1) is 0 Å². The maximum absolute atomic E-state index is 6.63. The summed E-state index contributed by atoms with van der Waals surface area (Å²) in [6, 6.07) is 0. The minimum atomic E-state index is -0.301. The average molecular weight is 199 g/mol. The zero-order valence-electron chi connectivity index (χ0n) is 3.69. The molecule has 0 nitrogen and oxygen atoms in total. The molecule has 0 aliphatic heterocycles. The third kappa shape index (κ3) is 4.96. The van der Waals surface area contributed by atoms with Gasteiger partial charge in [0.15, 0.2) is 0 Å². The van der Waals surface area contributed by atoms with E-state index < -0.39 is 0 Å². The van der Waals surface area contributed by atoms with Gasteiger partial charge in [0.1, 0.15) is 7.53 Å². The summed E-state index contributed by atoms with van der Waals surface area (Å²) in [6.45, 7) is 3.50. The van der Waals surface area contributed by atoms with Crippen LogP contribution in [0.25, 0.3) is 0 Å². The minimum absolute atomic E-state index is 0.301. The third-order valence-electron chi connectivity index (χ3n) is 0.174. The van der Waals surface area contributed by atoms with E-state index in [1.165, 1.54) is 7.53 Å². The number of rotatable bonds is 2. The minimum Gasteiger partial charge on any atom is -0.0986 e. The van der Waals surface area contributed by atoms with Crippen LogP contribution in [0.5, 0.6) is 0 Å². The molecule has 0 N–H and O–H groups in total. The van der Waals surface area contributed by atoms with Crippen molar-refractivity contribution in [1.82, 2.24) is 0 Å². The van der Waals surface area contributed by atoms with E-state index in [4.69, 9.17) is 1.34 Å². The quantitative estimate of drug-likeness (QED) is 0.361. The lowest BCUT2D eigenvalue weighted by Crippen LogP contribution is -1.39. The van der Waals surface area contributed by atoms with Crippen molar-refractivity contribution in [2.45, 2.75) is 0 Å². The first kappa shape index (κ1) is 4.13. The van der Waals surface area contributed by atoms with Crippen molar-refractivity contribution in [2.75, 3.05) is 0 Å². The zero-order valence-corrected chi connectivity index (χ0v) is 5.74. The molecule has 0 bridgehead atoms. The molecular weight excluding hydrogens is 193 g/mol. The van der Waals surface area contributed by atoms with E-state index in [-0.39, 0.29) is 5.44 Å². The van der Waals surface area contributed by atoms with Gasteiger partial charge in [0.25, 0.3) is 0 Å². The van der Waals surface area contributed by atoms with Gasteiger partial charge in [-0.25, -0.2) is 0 Å². The fourth-order valence-corrected chi connectivity index (χ4v) is 0. The van der Waals surface area contributed by atoms with E-state index in [0.717, 1.165) is 0 Å². The molecular formula is C2H4BIP. The SMILES string of the molecule is [3H][B]P(I)C=C. The first-order valence-corrected chi connectivity index (χ1v) is 5.36. The van der Waals surface area contributed by atoms with E-state index >= 15 is 0 Å². The Kier molecular flexibility index (Phi) is 2.62. The Bertz CT molecular complexity index is 50.8. The summed E-state index contributed by atoms with van der Waals surface area (Å²) in [5, 5.41) is 0. The van der Waals surface area contributed by atoms with E-state index in [9.17, 15) is 0 Å². The molecule has 0 saturated carbocycles. The predicted octanol–water partition coefficient (Wildman–Crippen LogP) is 1.78. The molecule has 0 fully saturated rings. The van der Waals surface area contributed by atoms with E-state index in [2.05, 4.69) is 28.6 Å². The second-order valence-electron chi connectivity index (χ2n) is 0.527. The first-order valence-electron chi connectivity index (χ1n) is 1.67. The van der Waals surface area contributed by atoms with E-state index in [1.807, 2.05) is 0 Å². The highest BCUT2D eigenvalue weighted by atomic mass is 127. The van der Waals surface area contributed by atoms with Crippen molar-refractivity contribution in [2.24, 2.45) is 0 Å². The molecule has 0 saturated heterocycles. The van der Waals surface area contributed by atoms with Crippen LogP contribution in [0.15, 0.2) is 12.4 Å². The molecule has 0 spiro atoms. The second-order valence-corrected chi connectivity index (χ2v) is 4.92. The molecule has 0 amide bonds. The summed E-state index contributed by atoms with van der Waals surface area (Å²) in [4.78, 5) is 0. The molecule has 0 rings (SSSR count). The van der Waals surface area contributed by atoms with Crippen molar-refractivity contribution >= 4 is 35.0 Å². The highest BCUT2D eigenvalue weighted by Gasteiger charge is 1.75. The topological polar surface area (TPSA) is 0 Å². The molecule has 0 heterocycles. The normalized spacial score (nSPS) is 15.8. The molecule has 1 unspecified atom stereocenters. The monoisotopic (exact) mass is 199 g/mol. The van der Waals surface area contributed by atoms with Crippen LogP contribution >= 0.6 is 27.5 Å². The molecule has 0 aliphatic carbocycles. The number of hydrogen-bond acceptors (Lipinski definition) is 0. The van der Waals surface area contributed by atoms with Crippen LogP contribution in [0.2, 0.25) is 0 Å². The maximum atomic E-state index is 6.63. The van der Waals surface area contributed by atoms with Crippen molar-refractivity contribution < 1.29 is 0 Å². The molecule has 1 radical (unpaired) electrons. The van der Waals surface area contributed by atoms with Crippen LogP contribution in [0.3, 0.4) is 0 Å². The lowest BCUT2D eigenvalue weighted by atomic mass is 10.8. The predicted molar refractivity (Wildman–Crippen MR) is 38.3 cm³/mol. The molecule has 0 aliphatic rings. The van der Waals surface area contributed by atoms with Gasteiger partial charge in [-0.3, -0.25) is 0 Å². The average Bonchev–Trinajstić information content (AvgIpc) is 1.65. The number of hydrogen-bond donors (Lipinski definition) is 0. The van der Waals surface area contributed by atoms with Crippen molar-refractivity contribution in [3.05, 3.63) is 12.4 Å². The van der Waals surface area contributed by atoms with Crippen LogP contribution in [-0.2, 0) is 0 Å². The van der Waals surface area contributed by atoms with Gasteiger partial charge in [0.05, 0.1) is 0 Å². The van der Waals surface area contributed by atoms with Gasteiger partial charge in [-0.2, -0.15) is 0 Å².